The summed E-state index contributed by atoms with van der Waals surface area (Å²) in [5.74, 6) is -1.53. The van der Waals surface area contributed by atoms with Gasteiger partial charge in [0.25, 0.3) is 0 Å². The highest BCUT2D eigenvalue weighted by molar-refractivity contribution is 5.73. The van der Waals surface area contributed by atoms with Crippen LogP contribution in [-0.2, 0) is 66.4 Å². The van der Waals surface area contributed by atoms with Gasteiger partial charge in [-0.1, -0.05) is 6.92 Å². The van der Waals surface area contributed by atoms with Gasteiger partial charge in [-0.15, -0.1) is 0 Å². The number of carbonyl (C=O) groups is 2. The molecule has 6 aliphatic heterocycles. The number of rotatable bonds is 19. The van der Waals surface area contributed by atoms with Gasteiger partial charge in [0, 0.05) is 20.5 Å². The van der Waals surface area contributed by atoms with E-state index in [2.05, 4.69) is 10.6 Å². The number of carbonyl (C=O) groups excluding carboxylic acids is 2. The summed E-state index contributed by atoms with van der Waals surface area (Å²) in [6.07, 6.45) is -49.6. The monoisotopic (exact) mass is 1080 g/mol. The number of amides is 2. The summed E-state index contributed by atoms with van der Waals surface area (Å²) < 4.78 is 71.8. The van der Waals surface area contributed by atoms with Crippen LogP contribution in [0.1, 0.15) is 41.0 Å². The minimum Gasteiger partial charge on any atom is -0.394 e. The Kier molecular flexibility index (Phi) is 22.0. The third-order valence-corrected chi connectivity index (χ3v) is 13.6. The van der Waals surface area contributed by atoms with Crippen LogP contribution >= 0.6 is 0 Å². The van der Waals surface area contributed by atoms with Crippen LogP contribution in [0.4, 0.5) is 0 Å². The van der Waals surface area contributed by atoms with E-state index in [-0.39, 0.29) is 6.61 Å². The molecule has 0 saturated carbocycles. The first-order valence-electron chi connectivity index (χ1n) is 24.3. The van der Waals surface area contributed by atoms with Gasteiger partial charge in [-0.3, -0.25) is 9.59 Å². The summed E-state index contributed by atoms with van der Waals surface area (Å²) in [6.45, 7) is 2.82. The number of nitrogens with one attached hydrogen (secondary N) is 2. The molecule has 31 nitrogen and oxygen atoms in total. The second-order valence-corrected chi connectivity index (χ2v) is 19.0. The molecule has 0 aliphatic carbocycles. The van der Waals surface area contributed by atoms with Gasteiger partial charge in [-0.25, -0.2) is 0 Å². The molecule has 6 aliphatic rings. The Balaban J connectivity index is 1.36. The second-order valence-electron chi connectivity index (χ2n) is 19.0. The number of hydrogen-bond acceptors (Lipinski definition) is 29. The van der Waals surface area contributed by atoms with Crippen LogP contribution in [0.2, 0.25) is 0 Å². The molecule has 6 saturated heterocycles. The smallest absolute Gasteiger partial charge is 0.217 e. The van der Waals surface area contributed by atoms with Crippen LogP contribution in [0.3, 0.4) is 0 Å². The molecule has 430 valence electrons. The average Bonchev–Trinajstić information content (AvgIpc) is 3.36. The van der Waals surface area contributed by atoms with Gasteiger partial charge in [0.15, 0.2) is 37.7 Å². The van der Waals surface area contributed by atoms with Crippen LogP contribution in [0.15, 0.2) is 0 Å². The zero-order chi connectivity index (χ0) is 54.6. The molecule has 6 heterocycles. The van der Waals surface area contributed by atoms with Crippen molar-refractivity contribution in [1.82, 2.24) is 10.6 Å². The lowest BCUT2D eigenvalue weighted by atomic mass is 9.93. The summed E-state index contributed by atoms with van der Waals surface area (Å²) in [5.41, 5.74) is 0. The Hall–Kier alpha value is -2.14. The maximum atomic E-state index is 13.1. The molecular weight excluding hydrogens is 1010 g/mol. The number of hydrogen-bond donors (Lipinski definition) is 17. The van der Waals surface area contributed by atoms with Crippen molar-refractivity contribution in [2.45, 2.75) is 225 Å². The Bertz CT molecular complexity index is 1760. The van der Waals surface area contributed by atoms with E-state index in [4.69, 9.17) is 56.8 Å². The van der Waals surface area contributed by atoms with E-state index < -0.39 is 222 Å². The lowest BCUT2D eigenvalue weighted by Crippen LogP contribution is -2.71. The molecule has 0 radical (unpaired) electrons. The molecule has 0 bridgehead atoms. The van der Waals surface area contributed by atoms with E-state index in [0.717, 1.165) is 13.8 Å². The number of ether oxygens (including phenoxy) is 12. The van der Waals surface area contributed by atoms with Crippen molar-refractivity contribution in [1.29, 1.82) is 0 Å². The van der Waals surface area contributed by atoms with Crippen LogP contribution in [-0.4, -0.2) is 306 Å². The molecule has 0 aromatic heterocycles. The molecule has 0 unspecified atom stereocenters. The predicted octanol–water partition coefficient (Wildman–Crippen LogP) is -10.3. The van der Waals surface area contributed by atoms with Gasteiger partial charge < -0.3 is 144 Å². The fourth-order valence-electron chi connectivity index (χ4n) is 9.55. The van der Waals surface area contributed by atoms with Gasteiger partial charge >= 0.3 is 0 Å². The normalized spacial score (nSPS) is 49.2. The zero-order valence-electron chi connectivity index (χ0n) is 41.0. The first kappa shape index (κ1) is 61.1. The quantitative estimate of drug-likeness (QED) is 0.0571. The molecule has 6 fully saturated rings. The maximum Gasteiger partial charge on any atom is 0.217 e. The zero-order valence-corrected chi connectivity index (χ0v) is 41.0. The SMILES string of the molecule is CCCO[C@@H]1O[C@H](CO)[C@@H](O[C@@H]2O[C@H](CO)[C@H](O)[C@H](O[C@@H]3O[C@H](CO)[C@@H](O[C@@H]4O[C@H](CO)[C@@H](O)[C@H](O)[C@H]4O)[C@H](O[C@@H]4O[C@@H](C)[C@@H](O)[C@@H](O)[C@@H]4O)[C@H]3NC(C)=O)[C@H]2O)[C@H](O[C@@H]2O[C@@H](C)[C@@H](O)[C@@H](O)[C@@H]2O)[C@H]1NC(C)=O. The number of aliphatic hydroxyl groups is 15. The summed E-state index contributed by atoms with van der Waals surface area (Å²) in [7, 11) is 0. The van der Waals surface area contributed by atoms with E-state index in [0.29, 0.717) is 6.42 Å². The van der Waals surface area contributed by atoms with Crippen molar-refractivity contribution in [3.05, 3.63) is 0 Å². The molecule has 0 aromatic carbocycles. The van der Waals surface area contributed by atoms with Crippen LogP contribution < -0.4 is 10.6 Å². The summed E-state index contributed by atoms with van der Waals surface area (Å²) in [6, 6.07) is -3.19. The second kappa shape index (κ2) is 26.7. The fourth-order valence-corrected chi connectivity index (χ4v) is 9.55. The highest BCUT2D eigenvalue weighted by Gasteiger charge is 2.59. The van der Waals surface area contributed by atoms with Gasteiger partial charge in [-0.2, -0.15) is 0 Å². The molecule has 30 atom stereocenters. The molecule has 2 amide bonds. The van der Waals surface area contributed by atoms with Gasteiger partial charge in [0.05, 0.1) is 38.6 Å². The minimum atomic E-state index is -2.22. The Labute approximate surface area is 423 Å². The fraction of sp³-hybridized carbons (Fsp3) is 0.953. The van der Waals surface area contributed by atoms with Crippen LogP contribution in [0, 0.1) is 0 Å². The van der Waals surface area contributed by atoms with Crippen molar-refractivity contribution >= 4 is 11.8 Å². The number of aliphatic hydroxyl groups excluding tert-OH is 15. The molecule has 0 aromatic rings. The third kappa shape index (κ3) is 13.3. The highest BCUT2D eigenvalue weighted by Crippen LogP contribution is 2.38. The lowest BCUT2D eigenvalue weighted by Gasteiger charge is -2.52. The summed E-state index contributed by atoms with van der Waals surface area (Å²) in [5, 5.41) is 167. The van der Waals surface area contributed by atoms with Gasteiger partial charge in [0.1, 0.15) is 134 Å². The summed E-state index contributed by atoms with van der Waals surface area (Å²) >= 11 is 0. The van der Waals surface area contributed by atoms with Crippen molar-refractivity contribution < 1.29 is 143 Å². The lowest BCUT2D eigenvalue weighted by molar-refractivity contribution is -0.394. The van der Waals surface area contributed by atoms with Crippen LogP contribution in [0.25, 0.3) is 0 Å². The Morgan fingerprint density at radius 1 is 0.392 bits per heavy atom. The Morgan fingerprint density at radius 3 is 1.15 bits per heavy atom. The molecular formula is C43H74N2O29. The molecule has 31 heteroatoms. The van der Waals surface area contributed by atoms with Crippen molar-refractivity contribution in [3.8, 4) is 0 Å². The van der Waals surface area contributed by atoms with E-state index >= 15 is 0 Å². The largest absolute Gasteiger partial charge is 0.394 e. The first-order chi connectivity index (χ1) is 35.0. The van der Waals surface area contributed by atoms with E-state index in [1.165, 1.54) is 13.8 Å². The highest BCUT2D eigenvalue weighted by atomic mass is 16.8. The van der Waals surface area contributed by atoms with Crippen LogP contribution in [0.5, 0.6) is 0 Å². The minimum absolute atomic E-state index is 0.0476. The van der Waals surface area contributed by atoms with E-state index in [1.807, 2.05) is 0 Å². The molecule has 6 rings (SSSR count). The third-order valence-electron chi connectivity index (χ3n) is 13.6. The van der Waals surface area contributed by atoms with E-state index in [1.54, 1.807) is 6.92 Å². The van der Waals surface area contributed by atoms with E-state index in [9.17, 15) is 86.2 Å². The van der Waals surface area contributed by atoms with Gasteiger partial charge in [0.2, 0.25) is 11.8 Å². The standard InChI is InChI=1S/C43H74N2O29/c1-6-7-63-38-20(44-14(4)50)35(72-40-29(59)26(56)22(52)12(2)64-40)33(18(10-48)68-38)71-43-32(62)37(25(55)17(9-47)67-43)74-39-21(45-15(5)51)36(73-41-30(60)27(57)23(53)13(3)65-41)34(19(11-49)69-39)70-42-31(61)28(58)24(54)16(8-46)66-42/h12-13,16-43,46-49,52-62H,6-11H2,1-5H3,(H,44,50)(H,45,51)/t12-,13-,16+,17+,18+,19+,20+,21+,22+,23+,24+,25-,26+,27+,28-,29-,30-,31+,32+,33+,34+,35+,36+,37-,38+,39-,40-,41-,42-,43-/m0/s1. The molecule has 0 spiro atoms. The molecule has 17 N–H and O–H groups in total. The Morgan fingerprint density at radius 2 is 0.730 bits per heavy atom. The average molecular weight is 1080 g/mol. The topological polar surface area (TPSA) is 472 Å². The predicted molar refractivity (Wildman–Crippen MR) is 234 cm³/mol. The van der Waals surface area contributed by atoms with Crippen molar-refractivity contribution in [2.75, 3.05) is 33.0 Å². The summed E-state index contributed by atoms with van der Waals surface area (Å²) in [4.78, 5) is 25.8. The first-order valence-corrected chi connectivity index (χ1v) is 24.3. The van der Waals surface area contributed by atoms with Crippen molar-refractivity contribution in [2.24, 2.45) is 0 Å². The molecule has 74 heavy (non-hydrogen) atoms. The van der Waals surface area contributed by atoms with Gasteiger partial charge in [-0.05, 0) is 20.3 Å². The van der Waals surface area contributed by atoms with Crippen molar-refractivity contribution in [3.63, 3.8) is 0 Å². The maximum absolute atomic E-state index is 13.1.